The smallest absolute Gasteiger partial charge is 0.322 e. The Bertz CT molecular complexity index is 448. The third kappa shape index (κ3) is 3.14. The summed E-state index contributed by atoms with van der Waals surface area (Å²) in [5.41, 5.74) is 0.571. The zero-order valence-corrected chi connectivity index (χ0v) is 12.2. The van der Waals surface area contributed by atoms with Crippen LogP contribution in [0.1, 0.15) is 0 Å². The molecule has 1 aliphatic rings. The first-order valence-corrected chi connectivity index (χ1v) is 6.61. The van der Waals surface area contributed by atoms with Gasteiger partial charge in [0, 0.05) is 26.2 Å². The SMILES string of the molecule is COc1cccc(OC)c1NC(=O)N1CCN(C)CC1. The van der Waals surface area contributed by atoms with Gasteiger partial charge in [-0.1, -0.05) is 6.07 Å². The van der Waals surface area contributed by atoms with E-state index in [9.17, 15) is 4.79 Å². The maximum Gasteiger partial charge on any atom is 0.322 e. The number of hydrogen-bond acceptors (Lipinski definition) is 4. The number of ether oxygens (including phenoxy) is 2. The number of amides is 2. The number of likely N-dealkylation sites (N-methyl/N-ethyl adjacent to an activating group) is 1. The molecule has 0 atom stereocenters. The Morgan fingerprint density at radius 1 is 1.10 bits per heavy atom. The summed E-state index contributed by atoms with van der Waals surface area (Å²) in [6, 6.07) is 5.29. The summed E-state index contributed by atoms with van der Waals surface area (Å²) >= 11 is 0. The van der Waals surface area contributed by atoms with Crippen LogP contribution < -0.4 is 14.8 Å². The van der Waals surface area contributed by atoms with E-state index in [0.717, 1.165) is 26.2 Å². The summed E-state index contributed by atoms with van der Waals surface area (Å²) in [7, 11) is 5.19. The predicted molar refractivity (Wildman–Crippen MR) is 77.6 cm³/mol. The monoisotopic (exact) mass is 279 g/mol. The fraction of sp³-hybridized carbons (Fsp3) is 0.500. The van der Waals surface area contributed by atoms with Crippen LogP contribution in [0.2, 0.25) is 0 Å². The van der Waals surface area contributed by atoms with Gasteiger partial charge in [-0.05, 0) is 19.2 Å². The summed E-state index contributed by atoms with van der Waals surface area (Å²) in [4.78, 5) is 16.3. The van der Waals surface area contributed by atoms with Crippen LogP contribution in [-0.4, -0.2) is 63.3 Å². The average Bonchev–Trinajstić information content (AvgIpc) is 2.48. The molecule has 1 saturated heterocycles. The molecule has 2 rings (SSSR count). The molecule has 1 aromatic rings. The summed E-state index contributed by atoms with van der Waals surface area (Å²) in [5, 5.41) is 2.88. The van der Waals surface area contributed by atoms with E-state index >= 15 is 0 Å². The van der Waals surface area contributed by atoms with Crippen molar-refractivity contribution in [3.63, 3.8) is 0 Å². The normalized spacial score (nSPS) is 15.8. The Balaban J connectivity index is 2.11. The van der Waals surface area contributed by atoms with Crippen molar-refractivity contribution in [3.05, 3.63) is 18.2 Å². The quantitative estimate of drug-likeness (QED) is 0.910. The number of benzene rings is 1. The fourth-order valence-corrected chi connectivity index (χ4v) is 2.17. The molecule has 0 aromatic heterocycles. The Labute approximate surface area is 119 Å². The van der Waals surface area contributed by atoms with Crippen molar-refractivity contribution in [1.29, 1.82) is 0 Å². The number of hydrogen-bond donors (Lipinski definition) is 1. The van der Waals surface area contributed by atoms with Crippen molar-refractivity contribution in [1.82, 2.24) is 9.80 Å². The topological polar surface area (TPSA) is 54.0 Å². The molecule has 6 heteroatoms. The molecule has 2 amide bonds. The molecule has 110 valence electrons. The van der Waals surface area contributed by atoms with Gasteiger partial charge in [0.15, 0.2) is 0 Å². The molecule has 0 spiro atoms. The predicted octanol–water partition coefficient (Wildman–Crippen LogP) is 1.48. The molecule has 0 bridgehead atoms. The van der Waals surface area contributed by atoms with E-state index in [1.54, 1.807) is 31.3 Å². The number of nitrogens with one attached hydrogen (secondary N) is 1. The first kappa shape index (κ1) is 14.5. The third-order valence-electron chi connectivity index (χ3n) is 3.45. The average molecular weight is 279 g/mol. The molecule has 6 nitrogen and oxygen atoms in total. The minimum atomic E-state index is -0.124. The van der Waals surface area contributed by atoms with Crippen molar-refractivity contribution < 1.29 is 14.3 Å². The molecule has 0 aliphatic carbocycles. The number of piperazine rings is 1. The Hall–Kier alpha value is -1.95. The first-order chi connectivity index (χ1) is 9.65. The van der Waals surface area contributed by atoms with Crippen molar-refractivity contribution in [3.8, 4) is 11.5 Å². The van der Waals surface area contributed by atoms with Crippen LogP contribution in [0.3, 0.4) is 0 Å². The largest absolute Gasteiger partial charge is 0.494 e. The zero-order chi connectivity index (χ0) is 14.5. The van der Waals surface area contributed by atoms with Gasteiger partial charge < -0.3 is 24.6 Å². The Morgan fingerprint density at radius 3 is 2.15 bits per heavy atom. The van der Waals surface area contributed by atoms with Gasteiger partial charge in [0.1, 0.15) is 17.2 Å². The summed E-state index contributed by atoms with van der Waals surface area (Å²) in [6.45, 7) is 3.21. The number of para-hydroxylation sites is 1. The van der Waals surface area contributed by atoms with Crippen LogP contribution >= 0.6 is 0 Å². The molecular weight excluding hydrogens is 258 g/mol. The maximum absolute atomic E-state index is 12.3. The lowest BCUT2D eigenvalue weighted by molar-refractivity contribution is 0.164. The van der Waals surface area contributed by atoms with Gasteiger partial charge in [0.25, 0.3) is 0 Å². The highest BCUT2D eigenvalue weighted by molar-refractivity contribution is 5.93. The highest BCUT2D eigenvalue weighted by Gasteiger charge is 2.21. The lowest BCUT2D eigenvalue weighted by atomic mass is 10.2. The summed E-state index contributed by atoms with van der Waals surface area (Å²) in [5.74, 6) is 1.18. The van der Waals surface area contributed by atoms with E-state index < -0.39 is 0 Å². The number of nitrogens with zero attached hydrogens (tertiary/aromatic N) is 2. The number of urea groups is 1. The van der Waals surface area contributed by atoms with Crippen molar-refractivity contribution >= 4 is 11.7 Å². The number of methoxy groups -OCH3 is 2. The second-order valence-corrected chi connectivity index (χ2v) is 4.76. The zero-order valence-electron chi connectivity index (χ0n) is 12.2. The van der Waals surface area contributed by atoms with E-state index in [-0.39, 0.29) is 6.03 Å². The Morgan fingerprint density at radius 2 is 1.65 bits per heavy atom. The molecule has 1 aliphatic heterocycles. The van der Waals surface area contributed by atoms with Gasteiger partial charge >= 0.3 is 6.03 Å². The second-order valence-electron chi connectivity index (χ2n) is 4.76. The molecular formula is C14H21N3O3. The van der Waals surface area contributed by atoms with Crippen LogP contribution in [0.25, 0.3) is 0 Å². The molecule has 0 saturated carbocycles. The van der Waals surface area contributed by atoms with E-state index in [1.165, 1.54) is 0 Å². The van der Waals surface area contributed by atoms with E-state index in [2.05, 4.69) is 17.3 Å². The standard InChI is InChI=1S/C14H21N3O3/c1-16-7-9-17(10-8-16)14(18)15-13-11(19-2)5-4-6-12(13)20-3/h4-6H,7-10H2,1-3H3,(H,15,18). The van der Waals surface area contributed by atoms with Gasteiger partial charge in [-0.15, -0.1) is 0 Å². The molecule has 0 unspecified atom stereocenters. The summed E-state index contributed by atoms with van der Waals surface area (Å²) < 4.78 is 10.5. The molecule has 1 aromatic carbocycles. The minimum absolute atomic E-state index is 0.124. The second kappa shape index (κ2) is 6.47. The number of rotatable bonds is 3. The van der Waals surface area contributed by atoms with Gasteiger partial charge in [0.05, 0.1) is 14.2 Å². The van der Waals surface area contributed by atoms with Gasteiger partial charge in [0.2, 0.25) is 0 Å². The van der Waals surface area contributed by atoms with Crippen LogP contribution in [0.5, 0.6) is 11.5 Å². The van der Waals surface area contributed by atoms with Crippen molar-refractivity contribution in [2.75, 3.05) is 52.8 Å². The maximum atomic E-state index is 12.3. The highest BCUT2D eigenvalue weighted by Crippen LogP contribution is 2.34. The molecule has 1 heterocycles. The van der Waals surface area contributed by atoms with Crippen molar-refractivity contribution in [2.24, 2.45) is 0 Å². The lowest BCUT2D eigenvalue weighted by Crippen LogP contribution is -2.48. The first-order valence-electron chi connectivity index (χ1n) is 6.61. The van der Waals surface area contributed by atoms with Crippen molar-refractivity contribution in [2.45, 2.75) is 0 Å². The van der Waals surface area contributed by atoms with Crippen LogP contribution in [-0.2, 0) is 0 Å². The molecule has 1 fully saturated rings. The van der Waals surface area contributed by atoms with E-state index in [1.807, 2.05) is 6.07 Å². The number of carbonyl (C=O) groups is 1. The highest BCUT2D eigenvalue weighted by atomic mass is 16.5. The van der Waals surface area contributed by atoms with Crippen LogP contribution in [0.4, 0.5) is 10.5 Å². The van der Waals surface area contributed by atoms with E-state index in [4.69, 9.17) is 9.47 Å². The molecule has 1 N–H and O–H groups in total. The minimum Gasteiger partial charge on any atom is -0.494 e. The van der Waals surface area contributed by atoms with Gasteiger partial charge in [-0.2, -0.15) is 0 Å². The van der Waals surface area contributed by atoms with Gasteiger partial charge in [-0.3, -0.25) is 0 Å². The van der Waals surface area contributed by atoms with Crippen LogP contribution in [0, 0.1) is 0 Å². The number of anilines is 1. The lowest BCUT2D eigenvalue weighted by Gasteiger charge is -2.32. The van der Waals surface area contributed by atoms with E-state index in [0.29, 0.717) is 17.2 Å². The third-order valence-corrected chi connectivity index (χ3v) is 3.45. The Kier molecular flexibility index (Phi) is 4.68. The molecule has 0 radical (unpaired) electrons. The summed E-state index contributed by atoms with van der Waals surface area (Å²) in [6.07, 6.45) is 0. The molecule has 20 heavy (non-hydrogen) atoms. The van der Waals surface area contributed by atoms with Gasteiger partial charge in [-0.25, -0.2) is 4.79 Å². The number of carbonyl (C=O) groups excluding carboxylic acids is 1. The van der Waals surface area contributed by atoms with Crippen LogP contribution in [0.15, 0.2) is 18.2 Å². The fourth-order valence-electron chi connectivity index (χ4n) is 2.17.